The van der Waals surface area contributed by atoms with E-state index < -0.39 is 24.0 Å². The summed E-state index contributed by atoms with van der Waals surface area (Å²) in [6.45, 7) is -0.384. The van der Waals surface area contributed by atoms with E-state index in [2.05, 4.69) is 10.0 Å². The van der Waals surface area contributed by atoms with Crippen molar-refractivity contribution in [1.82, 2.24) is 0 Å². The molecular weight excluding hydrogens is 192 g/mol. The third-order valence-corrected chi connectivity index (χ3v) is 1.95. The summed E-state index contributed by atoms with van der Waals surface area (Å²) in [7, 11) is 0. The lowest BCUT2D eigenvalue weighted by Gasteiger charge is -2.37. The maximum Gasteiger partial charge on any atom is 0.261 e. The summed E-state index contributed by atoms with van der Waals surface area (Å²) < 4.78 is 4.71. The van der Waals surface area contributed by atoms with Gasteiger partial charge in [0.15, 0.2) is 0 Å². The molecule has 0 bridgehead atoms. The van der Waals surface area contributed by atoms with Crippen molar-refractivity contribution in [2.24, 2.45) is 5.11 Å². The average Bonchev–Trinajstić information content (AvgIpc) is 2.20. The minimum atomic E-state index is -2.16. The summed E-state index contributed by atoms with van der Waals surface area (Å²) >= 11 is 0. The monoisotopic (exact) mass is 200 g/mol. The summed E-state index contributed by atoms with van der Waals surface area (Å²) in [6.07, 6.45) is -4.65. The van der Waals surface area contributed by atoms with Crippen LogP contribution in [0, 0.1) is 11.3 Å². The van der Waals surface area contributed by atoms with Gasteiger partial charge in [-0.2, -0.15) is 5.26 Å². The van der Waals surface area contributed by atoms with Gasteiger partial charge in [0.1, 0.15) is 24.4 Å². The molecule has 0 unspecified atom stereocenters. The first kappa shape index (κ1) is 10.7. The smallest absolute Gasteiger partial charge is 0.261 e. The van der Waals surface area contributed by atoms with Crippen LogP contribution in [0.25, 0.3) is 10.4 Å². The van der Waals surface area contributed by atoms with Crippen molar-refractivity contribution in [2.75, 3.05) is 6.61 Å². The molecule has 1 saturated heterocycles. The van der Waals surface area contributed by atoms with E-state index in [1.807, 2.05) is 0 Å². The molecule has 0 aromatic rings. The van der Waals surface area contributed by atoms with Gasteiger partial charge < -0.3 is 20.1 Å². The van der Waals surface area contributed by atoms with Gasteiger partial charge in [0.05, 0.1) is 6.61 Å². The zero-order valence-corrected chi connectivity index (χ0v) is 6.98. The molecule has 1 fully saturated rings. The molecule has 0 spiro atoms. The number of hydrogen-bond acceptors (Lipinski definition) is 6. The molecule has 1 aliphatic rings. The van der Waals surface area contributed by atoms with E-state index in [0.717, 1.165) is 0 Å². The fraction of sp³-hybridized carbons (Fsp3) is 0.833. The van der Waals surface area contributed by atoms with Crippen LogP contribution in [0.15, 0.2) is 5.11 Å². The van der Waals surface area contributed by atoms with Gasteiger partial charge in [-0.05, 0) is 10.6 Å². The standard InChI is InChI=1S/C6H8N4O4/c7-2-6(9-10-8)5(13)4(12)3(11)1-14-6/h3-5,11-13H,1H2/t3-,4-,5+,6+/m1/s1. The van der Waals surface area contributed by atoms with E-state index >= 15 is 0 Å². The Kier molecular flexibility index (Phi) is 2.90. The van der Waals surface area contributed by atoms with Gasteiger partial charge in [-0.25, -0.2) is 0 Å². The van der Waals surface area contributed by atoms with E-state index in [1.165, 1.54) is 6.07 Å². The van der Waals surface area contributed by atoms with Crippen molar-refractivity contribution in [3.8, 4) is 6.07 Å². The molecule has 76 valence electrons. The van der Waals surface area contributed by atoms with E-state index in [-0.39, 0.29) is 6.61 Å². The van der Waals surface area contributed by atoms with Crippen molar-refractivity contribution < 1.29 is 20.1 Å². The second-order valence-corrected chi connectivity index (χ2v) is 2.81. The Balaban J connectivity index is 3.00. The Bertz CT molecular complexity index is 309. The molecule has 8 nitrogen and oxygen atoms in total. The van der Waals surface area contributed by atoms with Gasteiger partial charge in [-0.15, -0.1) is 0 Å². The van der Waals surface area contributed by atoms with Crippen LogP contribution in [0.3, 0.4) is 0 Å². The van der Waals surface area contributed by atoms with Crippen LogP contribution in [-0.4, -0.2) is 46.0 Å². The van der Waals surface area contributed by atoms with E-state index in [1.54, 1.807) is 0 Å². The molecule has 3 N–H and O–H groups in total. The number of rotatable bonds is 1. The molecule has 0 amide bonds. The van der Waals surface area contributed by atoms with Gasteiger partial charge in [-0.1, -0.05) is 0 Å². The normalized spacial score (nSPS) is 42.3. The molecule has 1 rings (SSSR count). The Morgan fingerprint density at radius 1 is 1.57 bits per heavy atom. The number of nitrogens with zero attached hydrogens (tertiary/aromatic N) is 4. The van der Waals surface area contributed by atoms with Crippen LogP contribution in [0.2, 0.25) is 0 Å². The molecule has 8 heteroatoms. The summed E-state index contributed by atoms with van der Waals surface area (Å²) in [4.78, 5) is 2.34. The van der Waals surface area contributed by atoms with Gasteiger partial charge in [0.25, 0.3) is 5.72 Å². The highest BCUT2D eigenvalue weighted by Gasteiger charge is 2.49. The van der Waals surface area contributed by atoms with Gasteiger partial charge in [-0.3, -0.25) is 0 Å². The molecule has 0 aliphatic carbocycles. The van der Waals surface area contributed by atoms with E-state index in [4.69, 9.17) is 20.6 Å². The minimum Gasteiger partial charge on any atom is -0.388 e. The fourth-order valence-electron chi connectivity index (χ4n) is 1.11. The Morgan fingerprint density at radius 3 is 2.71 bits per heavy atom. The number of aliphatic hydroxyl groups excluding tert-OH is 3. The van der Waals surface area contributed by atoms with Crippen LogP contribution in [0.4, 0.5) is 0 Å². The molecular formula is C6H8N4O4. The molecule has 4 atom stereocenters. The van der Waals surface area contributed by atoms with E-state index in [9.17, 15) is 10.2 Å². The number of ether oxygens (including phenoxy) is 1. The van der Waals surface area contributed by atoms with Crippen molar-refractivity contribution >= 4 is 0 Å². The Hall–Kier alpha value is -1.36. The van der Waals surface area contributed by atoms with Crippen molar-refractivity contribution in [3.05, 3.63) is 10.4 Å². The third-order valence-electron chi connectivity index (χ3n) is 1.95. The maximum absolute atomic E-state index is 9.37. The highest BCUT2D eigenvalue weighted by atomic mass is 16.5. The Morgan fingerprint density at radius 2 is 2.21 bits per heavy atom. The first-order valence-corrected chi connectivity index (χ1v) is 3.73. The first-order chi connectivity index (χ1) is 6.57. The lowest BCUT2D eigenvalue weighted by atomic mass is 9.96. The second-order valence-electron chi connectivity index (χ2n) is 2.81. The zero-order chi connectivity index (χ0) is 10.8. The number of nitriles is 1. The molecule has 1 heterocycles. The molecule has 14 heavy (non-hydrogen) atoms. The maximum atomic E-state index is 9.37. The largest absolute Gasteiger partial charge is 0.388 e. The third kappa shape index (κ3) is 1.50. The lowest BCUT2D eigenvalue weighted by Crippen LogP contribution is -2.59. The number of hydrogen-bond donors (Lipinski definition) is 3. The van der Waals surface area contributed by atoms with Crippen molar-refractivity contribution in [3.63, 3.8) is 0 Å². The van der Waals surface area contributed by atoms with Crippen LogP contribution in [0.5, 0.6) is 0 Å². The van der Waals surface area contributed by atoms with Gasteiger partial charge in [0, 0.05) is 4.91 Å². The first-order valence-electron chi connectivity index (χ1n) is 3.73. The average molecular weight is 200 g/mol. The zero-order valence-electron chi connectivity index (χ0n) is 6.98. The molecule has 0 aromatic carbocycles. The summed E-state index contributed by atoms with van der Waals surface area (Å²) in [6, 6.07) is 1.46. The van der Waals surface area contributed by atoms with Crippen LogP contribution >= 0.6 is 0 Å². The van der Waals surface area contributed by atoms with Gasteiger partial charge >= 0.3 is 0 Å². The summed E-state index contributed by atoms with van der Waals surface area (Å²) in [5.74, 6) is 0. The van der Waals surface area contributed by atoms with Crippen molar-refractivity contribution in [2.45, 2.75) is 24.0 Å². The van der Waals surface area contributed by atoms with Crippen LogP contribution < -0.4 is 0 Å². The van der Waals surface area contributed by atoms with E-state index in [0.29, 0.717) is 0 Å². The highest BCUT2D eigenvalue weighted by molar-refractivity contribution is 5.10. The molecule has 0 radical (unpaired) electrons. The molecule has 0 saturated carbocycles. The van der Waals surface area contributed by atoms with Gasteiger partial charge in [0.2, 0.25) is 0 Å². The summed E-state index contributed by atoms with van der Waals surface area (Å²) in [5, 5.41) is 39.3. The second kappa shape index (κ2) is 3.79. The Labute approximate surface area is 78.6 Å². The predicted molar refractivity (Wildman–Crippen MR) is 41.5 cm³/mol. The fourth-order valence-corrected chi connectivity index (χ4v) is 1.11. The van der Waals surface area contributed by atoms with Crippen LogP contribution in [-0.2, 0) is 4.74 Å². The number of aliphatic hydroxyl groups is 3. The topological polar surface area (TPSA) is 142 Å². The quantitative estimate of drug-likeness (QED) is 0.272. The molecule has 1 aliphatic heterocycles. The SMILES string of the molecule is N#C[C@]1(N=[N+]=[N-])OC[C@@H](O)[C@@H](O)[C@@H]1O. The predicted octanol–water partition coefficient (Wildman–Crippen LogP) is -1.37. The van der Waals surface area contributed by atoms with Crippen molar-refractivity contribution in [1.29, 1.82) is 5.26 Å². The number of azide groups is 1. The van der Waals surface area contributed by atoms with Crippen LogP contribution in [0.1, 0.15) is 0 Å². The molecule has 0 aromatic heterocycles. The lowest BCUT2D eigenvalue weighted by molar-refractivity contribution is -0.212. The minimum absolute atomic E-state index is 0.384. The highest BCUT2D eigenvalue weighted by Crippen LogP contribution is 2.27. The summed E-state index contributed by atoms with van der Waals surface area (Å²) in [5.41, 5.74) is 6.00.